The average molecular weight is 514 g/mol. The molecule has 2 aliphatic rings. The Morgan fingerprint density at radius 2 is 1.94 bits per heavy atom. The Kier molecular flexibility index (Phi) is 7.61. The molecule has 1 saturated heterocycles. The third kappa shape index (κ3) is 5.22. The second-order valence-electron chi connectivity index (χ2n) is 9.05. The van der Waals surface area contributed by atoms with Crippen LogP contribution in [0.5, 0.6) is 5.75 Å². The van der Waals surface area contributed by atoms with Crippen molar-refractivity contribution in [2.24, 2.45) is 5.10 Å². The molecule has 1 aromatic heterocycles. The summed E-state index contributed by atoms with van der Waals surface area (Å²) in [6, 6.07) is 9.60. The summed E-state index contributed by atoms with van der Waals surface area (Å²) < 4.78 is 17.1. The molecule has 2 N–H and O–H groups in total. The highest BCUT2D eigenvalue weighted by atomic mass is 35.5. The number of carbonyl (C=O) groups excluding carboxylic acids is 1. The van der Waals surface area contributed by atoms with Gasteiger partial charge in [-0.25, -0.2) is 9.82 Å². The van der Waals surface area contributed by atoms with E-state index in [1.807, 2.05) is 9.47 Å². The van der Waals surface area contributed by atoms with Gasteiger partial charge in [0.05, 0.1) is 17.4 Å². The molecule has 1 aliphatic heterocycles. The predicted octanol–water partition coefficient (Wildman–Crippen LogP) is 3.51. The number of anilines is 1. The monoisotopic (exact) mass is 513 g/mol. The number of phenols is 1. The number of hydrazone groups is 1. The lowest BCUT2D eigenvalue weighted by atomic mass is 10.1. The Hall–Kier alpha value is -3.43. The maximum Gasteiger partial charge on any atom is 0.276 e. The summed E-state index contributed by atoms with van der Waals surface area (Å²) in [5.41, 5.74) is 3.50. The molecule has 190 valence electrons. The molecule has 2 heterocycles. The summed E-state index contributed by atoms with van der Waals surface area (Å²) in [5, 5.41) is 13.6. The summed E-state index contributed by atoms with van der Waals surface area (Å²) in [7, 11) is 0. The van der Waals surface area contributed by atoms with Crippen molar-refractivity contribution < 1.29 is 14.3 Å². The van der Waals surface area contributed by atoms with Crippen molar-refractivity contribution in [2.45, 2.75) is 25.8 Å². The molecule has 1 saturated carbocycles. The number of halogens is 2. The van der Waals surface area contributed by atoms with Crippen LogP contribution in [-0.4, -0.2) is 59.4 Å². The van der Waals surface area contributed by atoms with Crippen molar-refractivity contribution in [3.63, 3.8) is 0 Å². The first kappa shape index (κ1) is 25.7. The van der Waals surface area contributed by atoms with Crippen molar-refractivity contribution >= 4 is 41.1 Å². The van der Waals surface area contributed by atoms with E-state index in [1.54, 1.807) is 24.4 Å². The van der Waals surface area contributed by atoms with E-state index in [4.69, 9.17) is 0 Å². The predicted molar refractivity (Wildman–Crippen MR) is 141 cm³/mol. The van der Waals surface area contributed by atoms with Crippen molar-refractivity contribution in [3.8, 4) is 5.75 Å². The van der Waals surface area contributed by atoms with Crippen LogP contribution < -0.4 is 15.8 Å². The molecule has 8 nitrogen and oxygen atoms in total. The molecule has 2 aromatic carbocycles. The van der Waals surface area contributed by atoms with Crippen LogP contribution in [0, 0.1) is 5.82 Å². The molecule has 0 spiro atoms. The number of aromatic nitrogens is 1. The summed E-state index contributed by atoms with van der Waals surface area (Å²) in [4.78, 5) is 30.4. The number of fused-ring (bicyclic) bond motifs is 1. The number of rotatable bonds is 6. The maximum atomic E-state index is 15.2. The standard InChI is InChI=1S/C26H28FN5O3.ClH/c1-2-30-8-10-31(11-9-30)24-14-23-20(13-22(24)27)25(34)21(16-32(23)18-6-7-18)26(35)29-28-15-17-4-3-5-19(33)12-17;/h3-5,12-16,18,33H,2,6-11H2,1H3,(H,29,35);1H/b28-15-;. The SMILES string of the molecule is CCN1CCN(c2cc3c(cc2F)c(=O)c(C(=O)N/N=C\c2cccc(O)c2)cn3C2CC2)CC1.Cl. The van der Waals surface area contributed by atoms with Gasteiger partial charge in [-0.3, -0.25) is 9.59 Å². The van der Waals surface area contributed by atoms with Crippen LogP contribution in [0.1, 0.15) is 41.7 Å². The van der Waals surface area contributed by atoms with Crippen LogP contribution in [0.25, 0.3) is 10.9 Å². The zero-order valence-corrected chi connectivity index (χ0v) is 20.8. The molecule has 5 rings (SSSR count). The number of piperazine rings is 1. The van der Waals surface area contributed by atoms with Crippen LogP contribution >= 0.6 is 12.4 Å². The molecule has 0 unspecified atom stereocenters. The van der Waals surface area contributed by atoms with Gasteiger partial charge in [0.15, 0.2) is 0 Å². The number of pyridine rings is 1. The number of hydrogen-bond donors (Lipinski definition) is 2. The first-order valence-electron chi connectivity index (χ1n) is 11.9. The molecule has 3 aromatic rings. The lowest BCUT2D eigenvalue weighted by Gasteiger charge is -2.35. The second-order valence-corrected chi connectivity index (χ2v) is 9.05. The molecular weight excluding hydrogens is 485 g/mol. The minimum absolute atomic E-state index is 0. The van der Waals surface area contributed by atoms with E-state index in [1.165, 1.54) is 24.4 Å². The fraction of sp³-hybridized carbons (Fsp3) is 0.346. The van der Waals surface area contributed by atoms with E-state index in [2.05, 4.69) is 22.4 Å². The summed E-state index contributed by atoms with van der Waals surface area (Å²) >= 11 is 0. The van der Waals surface area contributed by atoms with E-state index >= 15 is 4.39 Å². The molecule has 10 heteroatoms. The number of nitrogens with one attached hydrogen (secondary N) is 1. The summed E-state index contributed by atoms with van der Waals surface area (Å²) in [5.74, 6) is -1.04. The summed E-state index contributed by atoms with van der Waals surface area (Å²) in [6.07, 6.45) is 4.83. The fourth-order valence-corrected chi connectivity index (χ4v) is 4.55. The van der Waals surface area contributed by atoms with Crippen molar-refractivity contribution in [3.05, 3.63) is 69.8 Å². The van der Waals surface area contributed by atoms with Gasteiger partial charge >= 0.3 is 0 Å². The van der Waals surface area contributed by atoms with Crippen molar-refractivity contribution in [1.29, 1.82) is 0 Å². The number of phenolic OH excluding ortho intramolecular Hbond substituents is 1. The maximum absolute atomic E-state index is 15.2. The van der Waals surface area contributed by atoms with E-state index in [9.17, 15) is 14.7 Å². The summed E-state index contributed by atoms with van der Waals surface area (Å²) in [6.45, 7) is 6.27. The molecule has 0 atom stereocenters. The quantitative estimate of drug-likeness (QED) is 0.389. The minimum Gasteiger partial charge on any atom is -0.508 e. The van der Waals surface area contributed by atoms with Gasteiger partial charge in [-0.05, 0) is 49.2 Å². The largest absolute Gasteiger partial charge is 0.508 e. The highest BCUT2D eigenvalue weighted by Gasteiger charge is 2.28. The van der Waals surface area contributed by atoms with Gasteiger partial charge in [-0.15, -0.1) is 12.4 Å². The van der Waals surface area contributed by atoms with E-state index < -0.39 is 17.2 Å². The zero-order valence-electron chi connectivity index (χ0n) is 20.0. The number of aromatic hydroxyl groups is 1. The minimum atomic E-state index is -0.664. The van der Waals surface area contributed by atoms with Crippen LogP contribution in [0.15, 0.2) is 52.5 Å². The first-order chi connectivity index (χ1) is 16.9. The van der Waals surface area contributed by atoms with Gasteiger partial charge in [-0.2, -0.15) is 5.10 Å². The molecule has 2 fully saturated rings. The van der Waals surface area contributed by atoms with Gasteiger partial charge in [0, 0.05) is 43.8 Å². The number of hydrogen-bond acceptors (Lipinski definition) is 6. The normalized spacial score (nSPS) is 16.3. The van der Waals surface area contributed by atoms with Gasteiger partial charge in [-0.1, -0.05) is 19.1 Å². The first-order valence-corrected chi connectivity index (χ1v) is 11.9. The number of likely N-dealkylation sites (N-methyl/N-ethyl adjacent to an activating group) is 1. The van der Waals surface area contributed by atoms with Crippen LogP contribution in [0.4, 0.5) is 10.1 Å². The smallest absolute Gasteiger partial charge is 0.276 e. The molecule has 0 radical (unpaired) electrons. The number of amides is 1. The lowest BCUT2D eigenvalue weighted by Crippen LogP contribution is -2.46. The number of carbonyl (C=O) groups is 1. The Balaban J connectivity index is 0.00000304. The van der Waals surface area contributed by atoms with Gasteiger partial charge in [0.25, 0.3) is 5.91 Å². The Morgan fingerprint density at radius 1 is 1.19 bits per heavy atom. The van der Waals surface area contributed by atoms with Crippen molar-refractivity contribution in [1.82, 2.24) is 14.9 Å². The molecule has 36 heavy (non-hydrogen) atoms. The van der Waals surface area contributed by atoms with Gasteiger partial charge in [0.2, 0.25) is 5.43 Å². The third-order valence-electron chi connectivity index (χ3n) is 6.70. The van der Waals surface area contributed by atoms with E-state index in [0.29, 0.717) is 16.8 Å². The van der Waals surface area contributed by atoms with Crippen LogP contribution in [0.3, 0.4) is 0 Å². The highest BCUT2D eigenvalue weighted by Crippen LogP contribution is 2.38. The van der Waals surface area contributed by atoms with Crippen LogP contribution in [0.2, 0.25) is 0 Å². The van der Waals surface area contributed by atoms with Gasteiger partial charge < -0.3 is 19.5 Å². The fourth-order valence-electron chi connectivity index (χ4n) is 4.55. The Morgan fingerprint density at radius 3 is 2.61 bits per heavy atom. The Bertz CT molecular complexity index is 1360. The van der Waals surface area contributed by atoms with E-state index in [0.717, 1.165) is 45.6 Å². The average Bonchev–Trinajstić information content (AvgIpc) is 3.70. The van der Waals surface area contributed by atoms with Crippen LogP contribution in [-0.2, 0) is 0 Å². The molecule has 1 amide bonds. The Labute approximate surface area is 214 Å². The highest BCUT2D eigenvalue weighted by molar-refractivity contribution is 5.98. The third-order valence-corrected chi connectivity index (χ3v) is 6.70. The molecule has 0 bridgehead atoms. The molecular formula is C26H29ClFN5O3. The van der Waals surface area contributed by atoms with E-state index in [-0.39, 0.29) is 35.1 Å². The topological polar surface area (TPSA) is 90.2 Å². The van der Waals surface area contributed by atoms with Gasteiger partial charge in [0.1, 0.15) is 17.1 Å². The lowest BCUT2D eigenvalue weighted by molar-refractivity contribution is 0.0953. The number of benzene rings is 2. The zero-order chi connectivity index (χ0) is 24.5. The number of nitrogens with zero attached hydrogens (tertiary/aromatic N) is 4. The second kappa shape index (κ2) is 10.7. The molecule has 1 aliphatic carbocycles. The van der Waals surface area contributed by atoms with Crippen molar-refractivity contribution in [2.75, 3.05) is 37.6 Å².